The summed E-state index contributed by atoms with van der Waals surface area (Å²) in [6, 6.07) is 0.271. The van der Waals surface area contributed by atoms with Gasteiger partial charge in [0.1, 0.15) is 5.82 Å². The molecule has 3 aliphatic rings. The van der Waals surface area contributed by atoms with Crippen LogP contribution in [-0.4, -0.2) is 59.6 Å². The highest BCUT2D eigenvalue weighted by Gasteiger charge is 2.37. The number of ether oxygens (including phenoxy) is 2. The van der Waals surface area contributed by atoms with Crippen molar-refractivity contribution in [2.24, 2.45) is 0 Å². The van der Waals surface area contributed by atoms with Crippen molar-refractivity contribution in [3.8, 4) is 0 Å². The van der Waals surface area contributed by atoms with E-state index in [2.05, 4.69) is 21.2 Å². The molecule has 1 aliphatic carbocycles. The Balaban J connectivity index is 1.50. The minimum Gasteiger partial charge on any atom is -0.380 e. The molecule has 0 unspecified atom stereocenters. The van der Waals surface area contributed by atoms with Gasteiger partial charge in [-0.05, 0) is 31.3 Å². The predicted octanol–water partition coefficient (Wildman–Crippen LogP) is 1.79. The number of rotatable bonds is 5. The van der Waals surface area contributed by atoms with Crippen molar-refractivity contribution in [1.82, 2.24) is 20.1 Å². The van der Waals surface area contributed by atoms with Crippen molar-refractivity contribution in [2.75, 3.05) is 33.4 Å². The molecule has 0 aromatic carbocycles. The van der Waals surface area contributed by atoms with Gasteiger partial charge in [0.2, 0.25) is 0 Å². The largest absolute Gasteiger partial charge is 0.380 e. The number of hydrogen-bond acceptors (Lipinski definition) is 5. The Bertz CT molecular complexity index is 552. The van der Waals surface area contributed by atoms with Crippen LogP contribution in [-0.2, 0) is 9.47 Å². The highest BCUT2D eigenvalue weighted by Crippen LogP contribution is 2.39. The maximum Gasteiger partial charge on any atom is 0.153 e. The van der Waals surface area contributed by atoms with E-state index in [0.717, 1.165) is 50.8 Å². The van der Waals surface area contributed by atoms with E-state index in [4.69, 9.17) is 14.5 Å². The molecule has 2 atom stereocenters. The molecule has 1 aromatic rings. The van der Waals surface area contributed by atoms with Crippen molar-refractivity contribution < 1.29 is 9.47 Å². The van der Waals surface area contributed by atoms with Gasteiger partial charge in [0, 0.05) is 26.1 Å². The zero-order valence-corrected chi connectivity index (χ0v) is 13.1. The summed E-state index contributed by atoms with van der Waals surface area (Å²) in [5.41, 5.74) is 1.37. The van der Waals surface area contributed by atoms with Gasteiger partial charge >= 0.3 is 0 Å². The molecule has 0 amide bonds. The minimum atomic E-state index is 0.268. The summed E-state index contributed by atoms with van der Waals surface area (Å²) < 4.78 is 11.2. The molecule has 1 N–H and O–H groups in total. The van der Waals surface area contributed by atoms with Gasteiger partial charge in [-0.1, -0.05) is 6.08 Å². The second kappa shape index (κ2) is 6.10. The first kappa shape index (κ1) is 14.4. The van der Waals surface area contributed by atoms with Crippen molar-refractivity contribution in [3.63, 3.8) is 0 Å². The molecule has 0 radical (unpaired) electrons. The molecular weight excluding hydrogens is 280 g/mol. The highest BCUT2D eigenvalue weighted by molar-refractivity contribution is 5.13. The summed E-state index contributed by atoms with van der Waals surface area (Å²) >= 11 is 0. The predicted molar refractivity (Wildman–Crippen MR) is 81.6 cm³/mol. The van der Waals surface area contributed by atoms with Gasteiger partial charge in [0.15, 0.2) is 5.82 Å². The van der Waals surface area contributed by atoms with Crippen molar-refractivity contribution >= 4 is 0 Å². The zero-order chi connectivity index (χ0) is 14.9. The van der Waals surface area contributed by atoms with Crippen LogP contribution >= 0.6 is 0 Å². The summed E-state index contributed by atoms with van der Waals surface area (Å²) in [4.78, 5) is 7.20. The molecular formula is C16H24N4O2. The third-order valence-electron chi connectivity index (χ3n) is 4.87. The van der Waals surface area contributed by atoms with Gasteiger partial charge in [0.05, 0.1) is 25.4 Å². The quantitative estimate of drug-likeness (QED) is 0.840. The Kier molecular flexibility index (Phi) is 3.98. The first-order valence-electron chi connectivity index (χ1n) is 8.28. The summed E-state index contributed by atoms with van der Waals surface area (Å²) in [6.45, 7) is 3.48. The Hall–Kier alpha value is -1.24. The summed E-state index contributed by atoms with van der Waals surface area (Å²) in [6.07, 6.45) is 7.05. The number of aromatic nitrogens is 3. The fourth-order valence-corrected chi connectivity index (χ4v) is 3.43. The third-order valence-corrected chi connectivity index (χ3v) is 4.87. The normalized spacial score (nSPS) is 29.8. The lowest BCUT2D eigenvalue weighted by atomic mass is 10.1. The molecule has 1 saturated heterocycles. The lowest BCUT2D eigenvalue weighted by Gasteiger charge is -2.25. The third kappa shape index (κ3) is 2.95. The number of nitrogens with one attached hydrogen (secondary N) is 1. The van der Waals surface area contributed by atoms with E-state index in [1.54, 1.807) is 7.11 Å². The number of aromatic amines is 1. The molecule has 6 heteroatoms. The summed E-state index contributed by atoms with van der Waals surface area (Å²) in [5, 5.41) is 7.58. The second-order valence-electron chi connectivity index (χ2n) is 6.60. The van der Waals surface area contributed by atoms with Crippen LogP contribution in [0, 0.1) is 0 Å². The van der Waals surface area contributed by atoms with E-state index in [1.807, 2.05) is 0 Å². The second-order valence-corrected chi connectivity index (χ2v) is 6.60. The number of likely N-dealkylation sites (tertiary alicyclic amines) is 1. The zero-order valence-electron chi connectivity index (χ0n) is 13.1. The molecule has 2 fully saturated rings. The molecule has 1 saturated carbocycles. The minimum absolute atomic E-state index is 0.268. The smallest absolute Gasteiger partial charge is 0.153 e. The van der Waals surface area contributed by atoms with Crippen molar-refractivity contribution in [3.05, 3.63) is 23.3 Å². The highest BCUT2D eigenvalue weighted by atomic mass is 16.5. The van der Waals surface area contributed by atoms with Gasteiger partial charge in [-0.2, -0.15) is 5.10 Å². The molecule has 22 heavy (non-hydrogen) atoms. The standard InChI is InChI=1S/C16H24N4O2/c1-21-13-7-14(16-17-15(18-19-16)12-4-5-12)20(9-13)8-11-3-2-6-22-10-11/h3,12-14H,2,4-10H2,1H3,(H,17,18,19)/t13-,14+/m1/s1. The maximum atomic E-state index is 5.59. The molecule has 4 rings (SSSR count). The van der Waals surface area contributed by atoms with E-state index in [1.165, 1.54) is 18.4 Å². The van der Waals surface area contributed by atoms with Crippen LogP contribution in [0.25, 0.3) is 0 Å². The van der Waals surface area contributed by atoms with Gasteiger partial charge < -0.3 is 9.47 Å². The lowest BCUT2D eigenvalue weighted by molar-refractivity contribution is 0.107. The van der Waals surface area contributed by atoms with E-state index in [-0.39, 0.29) is 12.1 Å². The van der Waals surface area contributed by atoms with E-state index in [0.29, 0.717) is 5.92 Å². The number of methoxy groups -OCH3 is 1. The SMILES string of the molecule is CO[C@@H]1C[C@@H](c2nc(C3CC3)n[nH]2)N(CC2=CCCOC2)C1. The van der Waals surface area contributed by atoms with Gasteiger partial charge in [-0.25, -0.2) is 4.98 Å². The molecule has 120 valence electrons. The Morgan fingerprint density at radius 2 is 2.36 bits per heavy atom. The number of hydrogen-bond donors (Lipinski definition) is 1. The molecule has 1 aromatic heterocycles. The Morgan fingerprint density at radius 3 is 3.09 bits per heavy atom. The summed E-state index contributed by atoms with van der Waals surface area (Å²) in [7, 11) is 1.80. The van der Waals surface area contributed by atoms with Crippen LogP contribution in [0.5, 0.6) is 0 Å². The van der Waals surface area contributed by atoms with Crippen molar-refractivity contribution in [2.45, 2.75) is 43.7 Å². The molecule has 2 aliphatic heterocycles. The maximum absolute atomic E-state index is 5.59. The molecule has 6 nitrogen and oxygen atoms in total. The first-order valence-corrected chi connectivity index (χ1v) is 8.28. The lowest BCUT2D eigenvalue weighted by Crippen LogP contribution is -2.29. The first-order chi connectivity index (χ1) is 10.8. The van der Waals surface area contributed by atoms with Crippen LogP contribution in [0.3, 0.4) is 0 Å². The number of nitrogens with zero attached hydrogens (tertiary/aromatic N) is 3. The van der Waals surface area contributed by atoms with Crippen LogP contribution in [0.1, 0.15) is 49.3 Å². The van der Waals surface area contributed by atoms with Gasteiger partial charge in [0.25, 0.3) is 0 Å². The molecule has 3 heterocycles. The van der Waals surface area contributed by atoms with Crippen LogP contribution < -0.4 is 0 Å². The van der Waals surface area contributed by atoms with Crippen LogP contribution in [0.15, 0.2) is 11.6 Å². The van der Waals surface area contributed by atoms with Crippen molar-refractivity contribution in [1.29, 1.82) is 0 Å². The monoisotopic (exact) mass is 304 g/mol. The van der Waals surface area contributed by atoms with Gasteiger partial charge in [-0.15, -0.1) is 0 Å². The van der Waals surface area contributed by atoms with Gasteiger partial charge in [-0.3, -0.25) is 10.00 Å². The Morgan fingerprint density at radius 1 is 1.45 bits per heavy atom. The summed E-state index contributed by atoms with van der Waals surface area (Å²) in [5.74, 6) is 2.59. The van der Waals surface area contributed by atoms with Crippen LogP contribution in [0.4, 0.5) is 0 Å². The molecule has 0 spiro atoms. The van der Waals surface area contributed by atoms with E-state index in [9.17, 15) is 0 Å². The average molecular weight is 304 g/mol. The van der Waals surface area contributed by atoms with E-state index < -0.39 is 0 Å². The molecule has 0 bridgehead atoms. The van der Waals surface area contributed by atoms with E-state index >= 15 is 0 Å². The fraction of sp³-hybridized carbons (Fsp3) is 0.750. The Labute approximate surface area is 130 Å². The topological polar surface area (TPSA) is 63.3 Å². The van der Waals surface area contributed by atoms with Crippen LogP contribution in [0.2, 0.25) is 0 Å². The fourth-order valence-electron chi connectivity index (χ4n) is 3.43. The average Bonchev–Trinajstić information content (AvgIpc) is 3.14. The number of H-pyrrole nitrogens is 1.